The number of hydrogen-bond acceptors (Lipinski definition) is 7. The van der Waals surface area contributed by atoms with Gasteiger partial charge in [0.15, 0.2) is 5.69 Å². The van der Waals surface area contributed by atoms with Crippen molar-refractivity contribution in [2.45, 2.75) is 6.54 Å². The lowest BCUT2D eigenvalue weighted by Crippen LogP contribution is -2.20. The van der Waals surface area contributed by atoms with Crippen molar-refractivity contribution in [2.24, 2.45) is 0 Å². The molecule has 0 fully saturated rings. The van der Waals surface area contributed by atoms with Gasteiger partial charge in [-0.2, -0.15) is 5.10 Å². The Morgan fingerprint density at radius 3 is 2.78 bits per heavy atom. The van der Waals surface area contributed by atoms with Crippen LogP contribution >= 0.6 is 0 Å². The van der Waals surface area contributed by atoms with E-state index in [0.717, 1.165) is 10.9 Å². The van der Waals surface area contributed by atoms with Crippen molar-refractivity contribution < 1.29 is 14.7 Å². The van der Waals surface area contributed by atoms with Crippen molar-refractivity contribution in [1.82, 2.24) is 30.2 Å². The zero-order valence-electron chi connectivity index (χ0n) is 8.89. The summed E-state index contributed by atoms with van der Waals surface area (Å²) >= 11 is 0. The van der Waals surface area contributed by atoms with Gasteiger partial charge in [0.1, 0.15) is 6.54 Å². The summed E-state index contributed by atoms with van der Waals surface area (Å²) in [4.78, 5) is 25.8. The number of rotatable bonds is 4. The van der Waals surface area contributed by atoms with Crippen molar-refractivity contribution in [2.75, 3.05) is 5.32 Å². The van der Waals surface area contributed by atoms with E-state index in [9.17, 15) is 9.59 Å². The molecule has 0 atom stereocenters. The maximum absolute atomic E-state index is 11.5. The van der Waals surface area contributed by atoms with Gasteiger partial charge in [0.25, 0.3) is 0 Å². The van der Waals surface area contributed by atoms with Gasteiger partial charge in [-0.1, -0.05) is 5.21 Å². The summed E-state index contributed by atoms with van der Waals surface area (Å²) in [5, 5.41) is 24.9. The topological polar surface area (TPSA) is 136 Å². The van der Waals surface area contributed by atoms with Crippen molar-refractivity contribution in [3.05, 3.63) is 24.3 Å². The van der Waals surface area contributed by atoms with E-state index in [1.54, 1.807) is 0 Å². The van der Waals surface area contributed by atoms with Gasteiger partial charge in [0.2, 0.25) is 11.9 Å². The Morgan fingerprint density at radius 1 is 1.33 bits per heavy atom. The average Bonchev–Trinajstić information content (AvgIpc) is 2.78. The third-order valence-electron chi connectivity index (χ3n) is 1.80. The Bertz CT molecular complexity index is 567. The molecule has 0 aliphatic rings. The highest BCUT2D eigenvalue weighted by molar-refractivity contribution is 5.89. The summed E-state index contributed by atoms with van der Waals surface area (Å²) in [6, 6.07) is 0. The largest absolute Gasteiger partial charge is 0.476 e. The van der Waals surface area contributed by atoms with Gasteiger partial charge in [-0.15, -0.1) is 10.2 Å². The van der Waals surface area contributed by atoms with Crippen LogP contribution in [-0.2, 0) is 11.3 Å². The molecule has 10 nitrogen and oxygen atoms in total. The SMILES string of the molecule is O=C(Cn1cc(C(=O)O)nn1)Nc1nccnn1. The Morgan fingerprint density at radius 2 is 2.17 bits per heavy atom. The van der Waals surface area contributed by atoms with E-state index in [0.29, 0.717) is 0 Å². The van der Waals surface area contributed by atoms with Gasteiger partial charge >= 0.3 is 5.97 Å². The molecule has 2 aromatic rings. The summed E-state index contributed by atoms with van der Waals surface area (Å²) in [5.41, 5.74) is -0.236. The fourth-order valence-electron chi connectivity index (χ4n) is 1.09. The molecule has 2 heterocycles. The highest BCUT2D eigenvalue weighted by Gasteiger charge is 2.11. The normalized spacial score (nSPS) is 10.0. The van der Waals surface area contributed by atoms with Crippen molar-refractivity contribution in [3.63, 3.8) is 0 Å². The van der Waals surface area contributed by atoms with E-state index in [4.69, 9.17) is 5.11 Å². The quantitative estimate of drug-likeness (QED) is 0.689. The molecule has 1 amide bonds. The lowest BCUT2D eigenvalue weighted by molar-refractivity contribution is -0.117. The molecule has 0 bridgehead atoms. The molecule has 18 heavy (non-hydrogen) atoms. The summed E-state index contributed by atoms with van der Waals surface area (Å²) in [5.74, 6) is -1.62. The minimum Gasteiger partial charge on any atom is -0.476 e. The number of anilines is 1. The molecule has 0 radical (unpaired) electrons. The summed E-state index contributed by atoms with van der Waals surface area (Å²) < 4.78 is 1.09. The highest BCUT2D eigenvalue weighted by atomic mass is 16.4. The van der Waals surface area contributed by atoms with Gasteiger partial charge in [0, 0.05) is 0 Å². The zero-order chi connectivity index (χ0) is 13.0. The predicted octanol–water partition coefficient (Wildman–Crippen LogP) is -1.20. The second-order valence-corrected chi connectivity index (χ2v) is 3.12. The van der Waals surface area contributed by atoms with Gasteiger partial charge in [-0.25, -0.2) is 14.5 Å². The molecule has 0 unspecified atom stereocenters. The summed E-state index contributed by atoms with van der Waals surface area (Å²) in [6.45, 7) is -0.196. The van der Waals surface area contributed by atoms with E-state index < -0.39 is 11.9 Å². The molecule has 0 aromatic carbocycles. The molecular formula is C8H7N7O3. The van der Waals surface area contributed by atoms with Crippen LogP contribution in [-0.4, -0.2) is 47.2 Å². The lowest BCUT2D eigenvalue weighted by Gasteiger charge is -2.01. The molecule has 0 saturated carbocycles. The number of aromatic carboxylic acids is 1. The van der Waals surface area contributed by atoms with Gasteiger partial charge in [-0.3, -0.25) is 10.1 Å². The van der Waals surface area contributed by atoms with Crippen LogP contribution in [0.25, 0.3) is 0 Å². The molecule has 0 aliphatic heterocycles. The van der Waals surface area contributed by atoms with Crippen molar-refractivity contribution >= 4 is 17.8 Å². The van der Waals surface area contributed by atoms with E-state index in [1.807, 2.05) is 0 Å². The number of nitrogens with zero attached hydrogens (tertiary/aromatic N) is 6. The fraction of sp³-hybridized carbons (Fsp3) is 0.125. The zero-order valence-corrected chi connectivity index (χ0v) is 8.89. The molecule has 2 N–H and O–H groups in total. The number of nitrogens with one attached hydrogen (secondary N) is 1. The minimum absolute atomic E-state index is 0.0565. The second-order valence-electron chi connectivity index (χ2n) is 3.12. The van der Waals surface area contributed by atoms with E-state index in [1.165, 1.54) is 12.4 Å². The first-order valence-electron chi connectivity index (χ1n) is 4.72. The lowest BCUT2D eigenvalue weighted by atomic mass is 10.5. The molecule has 92 valence electrons. The molecule has 2 aromatic heterocycles. The number of carbonyl (C=O) groups excluding carboxylic acids is 1. The molecule has 0 saturated heterocycles. The van der Waals surface area contributed by atoms with Crippen LogP contribution in [0.2, 0.25) is 0 Å². The van der Waals surface area contributed by atoms with Crippen LogP contribution in [0.4, 0.5) is 5.95 Å². The number of carbonyl (C=O) groups is 2. The third-order valence-corrected chi connectivity index (χ3v) is 1.80. The van der Waals surface area contributed by atoms with Crippen LogP contribution < -0.4 is 5.32 Å². The Labute approximate surface area is 99.7 Å². The smallest absolute Gasteiger partial charge is 0.358 e. The molecular weight excluding hydrogens is 242 g/mol. The molecule has 2 rings (SSSR count). The van der Waals surface area contributed by atoms with Crippen LogP contribution in [0.3, 0.4) is 0 Å². The van der Waals surface area contributed by atoms with Crippen molar-refractivity contribution in [3.8, 4) is 0 Å². The number of aromatic nitrogens is 6. The molecule has 0 aliphatic carbocycles. The fourth-order valence-corrected chi connectivity index (χ4v) is 1.09. The number of carboxylic acid groups (broad SMARTS) is 1. The average molecular weight is 249 g/mol. The first-order valence-corrected chi connectivity index (χ1v) is 4.72. The first-order chi connectivity index (χ1) is 8.65. The van der Waals surface area contributed by atoms with E-state index in [2.05, 4.69) is 30.8 Å². The second kappa shape index (κ2) is 4.95. The monoisotopic (exact) mass is 249 g/mol. The first kappa shape index (κ1) is 11.6. The summed E-state index contributed by atoms with van der Waals surface area (Å²) in [6.07, 6.45) is 3.89. The summed E-state index contributed by atoms with van der Waals surface area (Å²) in [7, 11) is 0. The van der Waals surface area contributed by atoms with Gasteiger partial charge in [-0.05, 0) is 0 Å². The maximum Gasteiger partial charge on any atom is 0.358 e. The Balaban J connectivity index is 1.97. The standard InChI is InChI=1S/C8H7N7O3/c16-6(11-8-9-1-2-10-13-8)4-15-3-5(7(17)18)12-14-15/h1-3H,4H2,(H,17,18)(H,9,11,13,16). The van der Waals surface area contributed by atoms with Crippen LogP contribution in [0.15, 0.2) is 18.6 Å². The Hall–Kier alpha value is -2.91. The number of hydrogen-bond donors (Lipinski definition) is 2. The number of carboxylic acids is 1. The molecule has 10 heteroatoms. The highest BCUT2D eigenvalue weighted by Crippen LogP contribution is 1.95. The van der Waals surface area contributed by atoms with Crippen LogP contribution in [0.5, 0.6) is 0 Å². The van der Waals surface area contributed by atoms with E-state index in [-0.39, 0.29) is 18.2 Å². The maximum atomic E-state index is 11.5. The van der Waals surface area contributed by atoms with Crippen molar-refractivity contribution in [1.29, 1.82) is 0 Å². The van der Waals surface area contributed by atoms with E-state index >= 15 is 0 Å². The number of amides is 1. The predicted molar refractivity (Wildman–Crippen MR) is 55.4 cm³/mol. The van der Waals surface area contributed by atoms with Crippen LogP contribution in [0, 0.1) is 0 Å². The van der Waals surface area contributed by atoms with Gasteiger partial charge < -0.3 is 5.11 Å². The molecule has 0 spiro atoms. The third kappa shape index (κ3) is 2.81. The van der Waals surface area contributed by atoms with Gasteiger partial charge in [0.05, 0.1) is 18.6 Å². The minimum atomic E-state index is -1.21. The Kier molecular flexibility index (Phi) is 3.18. The van der Waals surface area contributed by atoms with Crippen LogP contribution in [0.1, 0.15) is 10.5 Å².